The van der Waals surface area contributed by atoms with Crippen LogP contribution >= 0.6 is 11.8 Å². The summed E-state index contributed by atoms with van der Waals surface area (Å²) < 4.78 is 0. The lowest BCUT2D eigenvalue weighted by Crippen LogP contribution is -1.95. The monoisotopic (exact) mass is 231 g/mol. The average molecular weight is 231 g/mol. The van der Waals surface area contributed by atoms with E-state index in [1.54, 1.807) is 11.8 Å². The molecule has 0 unspecified atom stereocenters. The summed E-state index contributed by atoms with van der Waals surface area (Å²) in [6.07, 6.45) is 1.39. The standard InChI is InChI=1S/C12H13N3S/c1-9-7-10(2)15-12(11(9)8-14)16-6-4-3-5-13/h7H,3-4,6H2,1-2H3. The van der Waals surface area contributed by atoms with E-state index in [4.69, 9.17) is 10.5 Å². The van der Waals surface area contributed by atoms with Crippen LogP contribution in [0, 0.1) is 36.5 Å². The highest BCUT2D eigenvalue weighted by Crippen LogP contribution is 2.24. The molecule has 3 nitrogen and oxygen atoms in total. The molecule has 0 fully saturated rings. The molecular formula is C12H13N3S. The quantitative estimate of drug-likeness (QED) is 0.590. The summed E-state index contributed by atoms with van der Waals surface area (Å²) in [5, 5.41) is 18.3. The normalized spacial score (nSPS) is 9.50. The van der Waals surface area contributed by atoms with Crippen molar-refractivity contribution in [3.63, 3.8) is 0 Å². The van der Waals surface area contributed by atoms with E-state index >= 15 is 0 Å². The van der Waals surface area contributed by atoms with Crippen LogP contribution in [0.2, 0.25) is 0 Å². The molecule has 0 aliphatic carbocycles. The van der Waals surface area contributed by atoms with Gasteiger partial charge in [0.2, 0.25) is 0 Å². The van der Waals surface area contributed by atoms with E-state index < -0.39 is 0 Å². The first kappa shape index (κ1) is 12.5. The third-order valence-electron chi connectivity index (χ3n) is 2.09. The highest BCUT2D eigenvalue weighted by molar-refractivity contribution is 7.99. The molecule has 0 N–H and O–H groups in total. The van der Waals surface area contributed by atoms with Crippen molar-refractivity contribution < 1.29 is 0 Å². The molecule has 1 aromatic rings. The van der Waals surface area contributed by atoms with Gasteiger partial charge in [-0.15, -0.1) is 11.8 Å². The Kier molecular flexibility index (Phi) is 4.82. The van der Waals surface area contributed by atoms with E-state index in [-0.39, 0.29) is 0 Å². The molecule has 0 saturated carbocycles. The summed E-state index contributed by atoms with van der Waals surface area (Å²) in [6, 6.07) is 6.20. The summed E-state index contributed by atoms with van der Waals surface area (Å²) in [4.78, 5) is 4.36. The molecule has 0 aliphatic rings. The second-order valence-corrected chi connectivity index (χ2v) is 4.57. The maximum absolute atomic E-state index is 9.04. The van der Waals surface area contributed by atoms with E-state index in [9.17, 15) is 0 Å². The number of aromatic nitrogens is 1. The van der Waals surface area contributed by atoms with Crippen LogP contribution in [-0.4, -0.2) is 10.7 Å². The maximum Gasteiger partial charge on any atom is 0.114 e. The van der Waals surface area contributed by atoms with Crippen LogP contribution in [0.3, 0.4) is 0 Å². The zero-order valence-corrected chi connectivity index (χ0v) is 10.3. The van der Waals surface area contributed by atoms with Gasteiger partial charge in [0, 0.05) is 17.9 Å². The molecule has 0 aromatic carbocycles. The fourth-order valence-electron chi connectivity index (χ4n) is 1.36. The van der Waals surface area contributed by atoms with Gasteiger partial charge >= 0.3 is 0 Å². The van der Waals surface area contributed by atoms with Gasteiger partial charge in [-0.1, -0.05) is 0 Å². The van der Waals surface area contributed by atoms with Crippen LogP contribution in [0.25, 0.3) is 0 Å². The number of rotatable bonds is 4. The molecule has 0 bridgehead atoms. The van der Waals surface area contributed by atoms with Crippen molar-refractivity contribution in [2.75, 3.05) is 5.75 Å². The predicted molar refractivity (Wildman–Crippen MR) is 64.0 cm³/mol. The fraction of sp³-hybridized carbons (Fsp3) is 0.417. The number of pyridine rings is 1. The molecule has 0 amide bonds. The summed E-state index contributed by atoms with van der Waals surface area (Å²) in [5.74, 6) is 0.831. The number of hydrogen-bond acceptors (Lipinski definition) is 4. The van der Waals surface area contributed by atoms with E-state index in [0.29, 0.717) is 12.0 Å². The van der Waals surface area contributed by atoms with Gasteiger partial charge in [-0.05, 0) is 31.9 Å². The first-order chi connectivity index (χ1) is 7.69. The van der Waals surface area contributed by atoms with Crippen LogP contribution < -0.4 is 0 Å². The second kappa shape index (κ2) is 6.15. The lowest BCUT2D eigenvalue weighted by Gasteiger charge is -2.06. The Labute approximate surface area is 100 Å². The third-order valence-corrected chi connectivity index (χ3v) is 3.16. The molecular weight excluding hydrogens is 218 g/mol. The van der Waals surface area contributed by atoms with Crippen molar-refractivity contribution in [1.82, 2.24) is 4.98 Å². The van der Waals surface area contributed by atoms with Crippen LogP contribution in [0.1, 0.15) is 29.7 Å². The Hall–Kier alpha value is -1.52. The minimum Gasteiger partial charge on any atom is -0.245 e. The van der Waals surface area contributed by atoms with Crippen molar-refractivity contribution in [3.8, 4) is 12.1 Å². The highest BCUT2D eigenvalue weighted by Gasteiger charge is 2.08. The molecule has 0 aliphatic heterocycles. The SMILES string of the molecule is Cc1cc(C)c(C#N)c(SCCCC#N)n1. The Bertz CT molecular complexity index is 455. The fourth-order valence-corrected chi connectivity index (χ4v) is 2.40. The predicted octanol–water partition coefficient (Wildman–Crippen LogP) is 2.97. The molecule has 0 spiro atoms. The zero-order valence-electron chi connectivity index (χ0n) is 9.45. The Balaban J connectivity index is 2.79. The molecule has 4 heteroatoms. The number of hydrogen-bond donors (Lipinski definition) is 0. The number of unbranched alkanes of at least 4 members (excludes halogenated alkanes) is 1. The Morgan fingerprint density at radius 1 is 1.38 bits per heavy atom. The summed E-state index contributed by atoms with van der Waals surface area (Å²) in [6.45, 7) is 3.85. The number of aryl methyl sites for hydroxylation is 2. The summed E-state index contributed by atoms with van der Waals surface area (Å²) in [7, 11) is 0. The first-order valence-corrected chi connectivity index (χ1v) is 6.05. The Morgan fingerprint density at radius 2 is 2.12 bits per heavy atom. The summed E-state index contributed by atoms with van der Waals surface area (Å²) >= 11 is 1.56. The van der Waals surface area contributed by atoms with E-state index in [2.05, 4.69) is 17.1 Å². The zero-order chi connectivity index (χ0) is 12.0. The van der Waals surface area contributed by atoms with Crippen LogP contribution in [0.15, 0.2) is 11.1 Å². The van der Waals surface area contributed by atoms with Crippen LogP contribution in [0.4, 0.5) is 0 Å². The van der Waals surface area contributed by atoms with E-state index in [0.717, 1.165) is 28.5 Å². The molecule has 0 radical (unpaired) electrons. The number of nitrogens with zero attached hydrogens (tertiary/aromatic N) is 3. The Morgan fingerprint density at radius 3 is 2.75 bits per heavy atom. The van der Waals surface area contributed by atoms with Crippen LogP contribution in [0.5, 0.6) is 0 Å². The molecule has 0 saturated heterocycles. The van der Waals surface area contributed by atoms with E-state index in [1.165, 1.54) is 0 Å². The van der Waals surface area contributed by atoms with Gasteiger partial charge in [0.1, 0.15) is 11.1 Å². The van der Waals surface area contributed by atoms with Crippen molar-refractivity contribution in [1.29, 1.82) is 10.5 Å². The van der Waals surface area contributed by atoms with Gasteiger partial charge in [-0.25, -0.2) is 4.98 Å². The molecule has 1 aromatic heterocycles. The average Bonchev–Trinajstić information content (AvgIpc) is 2.24. The van der Waals surface area contributed by atoms with Gasteiger partial charge in [0.05, 0.1) is 11.6 Å². The van der Waals surface area contributed by atoms with Crippen LogP contribution in [-0.2, 0) is 0 Å². The van der Waals surface area contributed by atoms with Gasteiger partial charge in [0.15, 0.2) is 0 Å². The number of nitriles is 2. The molecule has 0 atom stereocenters. The molecule has 1 heterocycles. The lowest BCUT2D eigenvalue weighted by atomic mass is 10.1. The topological polar surface area (TPSA) is 60.5 Å². The minimum absolute atomic E-state index is 0.555. The highest BCUT2D eigenvalue weighted by atomic mass is 32.2. The smallest absolute Gasteiger partial charge is 0.114 e. The maximum atomic E-state index is 9.04. The third kappa shape index (κ3) is 3.25. The van der Waals surface area contributed by atoms with Crippen molar-refractivity contribution >= 4 is 11.8 Å². The molecule has 82 valence electrons. The van der Waals surface area contributed by atoms with E-state index in [1.807, 2.05) is 19.9 Å². The largest absolute Gasteiger partial charge is 0.245 e. The lowest BCUT2D eigenvalue weighted by molar-refractivity contribution is 0.970. The van der Waals surface area contributed by atoms with Gasteiger partial charge in [-0.3, -0.25) is 0 Å². The van der Waals surface area contributed by atoms with Crippen molar-refractivity contribution in [2.24, 2.45) is 0 Å². The second-order valence-electron chi connectivity index (χ2n) is 3.48. The number of thioether (sulfide) groups is 1. The van der Waals surface area contributed by atoms with Crippen molar-refractivity contribution in [2.45, 2.75) is 31.7 Å². The first-order valence-electron chi connectivity index (χ1n) is 5.07. The molecule has 16 heavy (non-hydrogen) atoms. The molecule has 1 rings (SSSR count). The summed E-state index contributed by atoms with van der Waals surface area (Å²) in [5.41, 5.74) is 2.56. The minimum atomic E-state index is 0.555. The van der Waals surface area contributed by atoms with Gasteiger partial charge < -0.3 is 0 Å². The van der Waals surface area contributed by atoms with Gasteiger partial charge in [0.25, 0.3) is 0 Å². The van der Waals surface area contributed by atoms with Gasteiger partial charge in [-0.2, -0.15) is 10.5 Å². The van der Waals surface area contributed by atoms with Crippen molar-refractivity contribution in [3.05, 3.63) is 22.9 Å².